The molecule has 8 heteroatoms. The quantitative estimate of drug-likeness (QED) is 0.332. The lowest BCUT2D eigenvalue weighted by molar-refractivity contribution is -0.122. The normalized spacial score (nSPS) is 12.0. The molecule has 0 aliphatic heterocycles. The number of carbonyl (C=O) groups is 1. The number of anilines is 1. The van der Waals surface area contributed by atoms with Gasteiger partial charge in [0.15, 0.2) is 11.7 Å². The average molecular weight is 476 g/mol. The van der Waals surface area contributed by atoms with Gasteiger partial charge in [0.05, 0.1) is 15.7 Å². The zero-order chi connectivity index (χ0) is 22.1. The van der Waals surface area contributed by atoms with Crippen molar-refractivity contribution in [1.82, 2.24) is 4.98 Å². The first kappa shape index (κ1) is 21.5. The number of aryl methyl sites for hydroxylation is 1. The van der Waals surface area contributed by atoms with E-state index in [0.29, 0.717) is 43.5 Å². The van der Waals surface area contributed by atoms with Gasteiger partial charge in [-0.25, -0.2) is 4.98 Å². The van der Waals surface area contributed by atoms with Gasteiger partial charge < -0.3 is 14.5 Å². The molecule has 4 aromatic rings. The summed E-state index contributed by atoms with van der Waals surface area (Å²) in [6.07, 6.45) is -0.828. The highest BCUT2D eigenvalue weighted by molar-refractivity contribution is 6.35. The van der Waals surface area contributed by atoms with Crippen LogP contribution in [0.25, 0.3) is 22.6 Å². The molecule has 0 aliphatic rings. The molecule has 0 radical (unpaired) electrons. The Morgan fingerprint density at radius 2 is 1.84 bits per heavy atom. The summed E-state index contributed by atoms with van der Waals surface area (Å²) in [6.45, 7) is 3.60. The van der Waals surface area contributed by atoms with Gasteiger partial charge in [0.25, 0.3) is 5.91 Å². The molecular formula is C23H17Cl3N2O3. The van der Waals surface area contributed by atoms with E-state index < -0.39 is 12.0 Å². The lowest BCUT2D eigenvalue weighted by atomic mass is 10.2. The van der Waals surface area contributed by atoms with Gasteiger partial charge in [0, 0.05) is 10.6 Å². The fourth-order valence-corrected chi connectivity index (χ4v) is 3.58. The molecule has 0 saturated carbocycles. The Bertz CT molecular complexity index is 1290. The van der Waals surface area contributed by atoms with Crippen LogP contribution in [0.15, 0.2) is 59.0 Å². The average Bonchev–Trinajstić information content (AvgIpc) is 3.14. The first-order valence-corrected chi connectivity index (χ1v) is 10.5. The van der Waals surface area contributed by atoms with E-state index >= 15 is 0 Å². The Hall–Kier alpha value is -2.73. The smallest absolute Gasteiger partial charge is 0.265 e. The molecule has 158 valence electrons. The van der Waals surface area contributed by atoms with E-state index in [-0.39, 0.29) is 0 Å². The van der Waals surface area contributed by atoms with Crippen LogP contribution in [0.2, 0.25) is 15.1 Å². The molecule has 0 saturated heterocycles. The molecule has 1 amide bonds. The van der Waals surface area contributed by atoms with E-state index in [1.165, 1.54) is 0 Å². The number of ether oxygens (including phenoxy) is 1. The molecule has 1 N–H and O–H groups in total. The number of nitrogens with one attached hydrogen (secondary N) is 1. The summed E-state index contributed by atoms with van der Waals surface area (Å²) in [6, 6.07) is 15.7. The summed E-state index contributed by atoms with van der Waals surface area (Å²) in [5.74, 6) is 0.401. The van der Waals surface area contributed by atoms with Gasteiger partial charge in [-0.05, 0) is 67.9 Å². The van der Waals surface area contributed by atoms with Crippen LogP contribution in [0.1, 0.15) is 12.5 Å². The molecule has 0 spiro atoms. The summed E-state index contributed by atoms with van der Waals surface area (Å²) in [4.78, 5) is 17.2. The molecule has 1 aromatic heterocycles. The molecule has 1 unspecified atom stereocenters. The van der Waals surface area contributed by atoms with Crippen LogP contribution >= 0.6 is 34.8 Å². The second-order valence-electron chi connectivity index (χ2n) is 7.01. The van der Waals surface area contributed by atoms with Crippen molar-refractivity contribution in [2.45, 2.75) is 20.0 Å². The lowest BCUT2D eigenvalue weighted by Crippen LogP contribution is -2.30. The first-order valence-electron chi connectivity index (χ1n) is 9.40. The van der Waals surface area contributed by atoms with Crippen LogP contribution in [0.5, 0.6) is 5.75 Å². The Balaban J connectivity index is 1.54. The van der Waals surface area contributed by atoms with Gasteiger partial charge in [-0.1, -0.05) is 40.9 Å². The number of halogens is 3. The molecule has 3 aromatic carbocycles. The molecule has 4 rings (SSSR count). The van der Waals surface area contributed by atoms with Crippen LogP contribution in [-0.4, -0.2) is 17.0 Å². The van der Waals surface area contributed by atoms with Crippen molar-refractivity contribution in [3.05, 3.63) is 75.2 Å². The van der Waals surface area contributed by atoms with Crippen molar-refractivity contribution in [2.24, 2.45) is 0 Å². The largest absolute Gasteiger partial charge is 0.479 e. The highest BCUT2D eigenvalue weighted by atomic mass is 35.5. The molecule has 1 atom stereocenters. The highest BCUT2D eigenvalue weighted by Gasteiger charge is 2.19. The van der Waals surface area contributed by atoms with Gasteiger partial charge in [0.1, 0.15) is 11.3 Å². The first-order chi connectivity index (χ1) is 14.8. The topological polar surface area (TPSA) is 64.4 Å². The van der Waals surface area contributed by atoms with Gasteiger partial charge >= 0.3 is 0 Å². The molecule has 0 aliphatic carbocycles. The second-order valence-corrected chi connectivity index (χ2v) is 8.26. The molecule has 0 fully saturated rings. The fraction of sp³-hybridized carbons (Fsp3) is 0.130. The van der Waals surface area contributed by atoms with E-state index in [4.69, 9.17) is 44.0 Å². The third-order valence-corrected chi connectivity index (χ3v) is 5.44. The minimum atomic E-state index is -0.828. The van der Waals surface area contributed by atoms with E-state index in [1.807, 2.05) is 25.1 Å². The Labute approximate surface area is 193 Å². The van der Waals surface area contributed by atoms with Crippen molar-refractivity contribution in [1.29, 1.82) is 0 Å². The molecule has 31 heavy (non-hydrogen) atoms. The van der Waals surface area contributed by atoms with E-state index in [0.717, 1.165) is 11.1 Å². The summed E-state index contributed by atoms with van der Waals surface area (Å²) < 4.78 is 11.5. The minimum Gasteiger partial charge on any atom is -0.479 e. The van der Waals surface area contributed by atoms with Crippen LogP contribution in [0.3, 0.4) is 0 Å². The third-order valence-electron chi connectivity index (χ3n) is 4.58. The van der Waals surface area contributed by atoms with Crippen molar-refractivity contribution in [3.8, 4) is 17.2 Å². The molecule has 1 heterocycles. The third kappa shape index (κ3) is 4.79. The van der Waals surface area contributed by atoms with E-state index in [9.17, 15) is 4.79 Å². The standard InChI is InChI=1S/C23H17Cl3N2O3/c1-12-3-7-18-21(9-12)31-23(28-18)14-4-6-16(25)19(10-14)27-22(29)13(2)30-20-8-5-15(24)11-17(20)26/h3-11,13H,1-2H3,(H,27,29). The second kappa shape index (κ2) is 8.79. The van der Waals surface area contributed by atoms with Gasteiger partial charge in [-0.3, -0.25) is 4.79 Å². The van der Waals surface area contributed by atoms with E-state index in [1.54, 1.807) is 43.3 Å². The summed E-state index contributed by atoms with van der Waals surface area (Å²) in [5.41, 5.74) is 3.62. The highest BCUT2D eigenvalue weighted by Crippen LogP contribution is 2.32. The Kier molecular flexibility index (Phi) is 6.10. The fourth-order valence-electron chi connectivity index (χ4n) is 2.96. The lowest BCUT2D eigenvalue weighted by Gasteiger charge is -2.16. The van der Waals surface area contributed by atoms with Crippen molar-refractivity contribution >= 4 is 57.5 Å². The Morgan fingerprint density at radius 3 is 2.61 bits per heavy atom. The number of amides is 1. The summed E-state index contributed by atoms with van der Waals surface area (Å²) >= 11 is 18.3. The van der Waals surface area contributed by atoms with Gasteiger partial charge in [-0.15, -0.1) is 0 Å². The molecular weight excluding hydrogens is 459 g/mol. The number of rotatable bonds is 5. The summed E-state index contributed by atoms with van der Waals surface area (Å²) in [7, 11) is 0. The monoisotopic (exact) mass is 474 g/mol. The van der Waals surface area contributed by atoms with Crippen LogP contribution < -0.4 is 10.1 Å². The van der Waals surface area contributed by atoms with E-state index in [2.05, 4.69) is 10.3 Å². The maximum atomic E-state index is 12.7. The number of hydrogen-bond acceptors (Lipinski definition) is 4. The number of fused-ring (bicyclic) bond motifs is 1. The molecule has 0 bridgehead atoms. The zero-order valence-corrected chi connectivity index (χ0v) is 18.8. The molecule has 5 nitrogen and oxygen atoms in total. The predicted molar refractivity (Wildman–Crippen MR) is 124 cm³/mol. The maximum Gasteiger partial charge on any atom is 0.265 e. The number of oxazole rings is 1. The summed E-state index contributed by atoms with van der Waals surface area (Å²) in [5, 5.41) is 3.95. The number of nitrogens with zero attached hydrogens (tertiary/aromatic N) is 1. The number of benzene rings is 3. The predicted octanol–water partition coefficient (Wildman–Crippen LogP) is 7.17. The minimum absolute atomic E-state index is 0.318. The Morgan fingerprint density at radius 1 is 1.03 bits per heavy atom. The van der Waals surface area contributed by atoms with Gasteiger partial charge in [-0.2, -0.15) is 0 Å². The van der Waals surface area contributed by atoms with Crippen molar-refractivity contribution in [2.75, 3.05) is 5.32 Å². The SMILES string of the molecule is Cc1ccc2nc(-c3ccc(Cl)c(NC(=O)C(C)Oc4ccc(Cl)cc4Cl)c3)oc2c1. The van der Waals surface area contributed by atoms with Crippen molar-refractivity contribution in [3.63, 3.8) is 0 Å². The number of carbonyl (C=O) groups excluding carboxylic acids is 1. The van der Waals surface area contributed by atoms with Crippen molar-refractivity contribution < 1.29 is 13.9 Å². The zero-order valence-electron chi connectivity index (χ0n) is 16.6. The van der Waals surface area contributed by atoms with Crippen LogP contribution in [-0.2, 0) is 4.79 Å². The van der Waals surface area contributed by atoms with Crippen LogP contribution in [0, 0.1) is 6.92 Å². The number of aromatic nitrogens is 1. The van der Waals surface area contributed by atoms with Crippen LogP contribution in [0.4, 0.5) is 5.69 Å². The number of hydrogen-bond donors (Lipinski definition) is 1. The maximum absolute atomic E-state index is 12.7. The van der Waals surface area contributed by atoms with Gasteiger partial charge in [0.2, 0.25) is 5.89 Å².